The first-order chi connectivity index (χ1) is 5.97. The number of nitrogens with zero attached hydrogens (tertiary/aromatic N) is 2. The monoisotopic (exact) mass is 163 g/mol. The third kappa shape index (κ3) is 1.61. The van der Waals surface area contributed by atoms with E-state index in [0.717, 1.165) is 12.2 Å². The van der Waals surface area contributed by atoms with Crippen LogP contribution in [0.1, 0.15) is 31.0 Å². The highest BCUT2D eigenvalue weighted by atomic mass is 15.0. The van der Waals surface area contributed by atoms with Crippen molar-refractivity contribution in [2.45, 2.75) is 25.3 Å². The largest absolute Gasteiger partial charge is 0.309 e. The van der Waals surface area contributed by atoms with Crippen LogP contribution in [-0.2, 0) is 0 Å². The van der Waals surface area contributed by atoms with E-state index in [1.54, 1.807) is 12.4 Å². The van der Waals surface area contributed by atoms with Gasteiger partial charge in [-0.1, -0.05) is 6.42 Å². The topological polar surface area (TPSA) is 37.8 Å². The number of hydrogen-bond donors (Lipinski definition) is 1. The summed E-state index contributed by atoms with van der Waals surface area (Å²) in [7, 11) is 0. The van der Waals surface area contributed by atoms with Crippen molar-refractivity contribution < 1.29 is 0 Å². The first-order valence-corrected chi connectivity index (χ1v) is 4.46. The molecule has 1 fully saturated rings. The molecule has 1 aromatic heterocycles. The predicted octanol–water partition coefficient (Wildman–Crippen LogP) is 1.29. The minimum atomic E-state index is 0.437. The zero-order valence-corrected chi connectivity index (χ0v) is 7.03. The van der Waals surface area contributed by atoms with E-state index >= 15 is 0 Å². The maximum atomic E-state index is 4.28. The molecule has 0 saturated carbocycles. The zero-order valence-electron chi connectivity index (χ0n) is 7.03. The molecule has 12 heavy (non-hydrogen) atoms. The molecule has 0 amide bonds. The number of piperidine rings is 1. The minimum Gasteiger partial charge on any atom is -0.309 e. The van der Waals surface area contributed by atoms with E-state index in [2.05, 4.69) is 15.3 Å². The van der Waals surface area contributed by atoms with E-state index in [-0.39, 0.29) is 0 Å². The third-order valence-electron chi connectivity index (χ3n) is 2.25. The van der Waals surface area contributed by atoms with Crippen LogP contribution >= 0.6 is 0 Å². The second-order valence-corrected chi connectivity index (χ2v) is 3.13. The Labute approximate surface area is 72.2 Å². The average molecular weight is 163 g/mol. The number of hydrogen-bond acceptors (Lipinski definition) is 3. The fourth-order valence-corrected chi connectivity index (χ4v) is 1.59. The van der Waals surface area contributed by atoms with Crippen LogP contribution in [0, 0.1) is 0 Å². The van der Waals surface area contributed by atoms with Crippen LogP contribution in [-0.4, -0.2) is 16.5 Å². The van der Waals surface area contributed by atoms with Crippen molar-refractivity contribution >= 4 is 0 Å². The highest BCUT2D eigenvalue weighted by Crippen LogP contribution is 2.19. The van der Waals surface area contributed by atoms with Crippen molar-refractivity contribution in [1.29, 1.82) is 0 Å². The second kappa shape index (κ2) is 3.63. The van der Waals surface area contributed by atoms with Crippen molar-refractivity contribution in [2.75, 3.05) is 6.54 Å². The summed E-state index contributed by atoms with van der Waals surface area (Å²) in [5.74, 6) is 0. The van der Waals surface area contributed by atoms with Gasteiger partial charge in [0.05, 0.1) is 11.7 Å². The van der Waals surface area contributed by atoms with Gasteiger partial charge in [-0.15, -0.1) is 0 Å². The fourth-order valence-electron chi connectivity index (χ4n) is 1.59. The van der Waals surface area contributed by atoms with Crippen molar-refractivity contribution in [3.63, 3.8) is 0 Å². The molecule has 0 bridgehead atoms. The van der Waals surface area contributed by atoms with Crippen molar-refractivity contribution in [3.05, 3.63) is 24.3 Å². The molecular formula is C9H13N3. The van der Waals surface area contributed by atoms with Gasteiger partial charge < -0.3 is 5.32 Å². The maximum Gasteiger partial charge on any atom is 0.0756 e. The molecule has 1 aliphatic heterocycles. The Kier molecular flexibility index (Phi) is 2.32. The summed E-state index contributed by atoms with van der Waals surface area (Å²) in [6.45, 7) is 1.11. The molecule has 0 spiro atoms. The molecule has 0 aliphatic carbocycles. The molecular weight excluding hydrogens is 150 g/mol. The molecule has 1 aliphatic rings. The van der Waals surface area contributed by atoms with Gasteiger partial charge in [-0.3, -0.25) is 9.97 Å². The molecule has 2 heterocycles. The lowest BCUT2D eigenvalue weighted by Crippen LogP contribution is -2.27. The van der Waals surface area contributed by atoms with Crippen LogP contribution in [0.15, 0.2) is 18.6 Å². The van der Waals surface area contributed by atoms with Crippen LogP contribution in [0.4, 0.5) is 0 Å². The summed E-state index contributed by atoms with van der Waals surface area (Å²) in [5.41, 5.74) is 1.08. The molecule has 0 unspecified atom stereocenters. The van der Waals surface area contributed by atoms with E-state index in [1.807, 2.05) is 6.20 Å². The second-order valence-electron chi connectivity index (χ2n) is 3.13. The van der Waals surface area contributed by atoms with Gasteiger partial charge in [0.1, 0.15) is 0 Å². The number of nitrogens with one attached hydrogen (secondary N) is 1. The molecule has 3 heteroatoms. The van der Waals surface area contributed by atoms with Crippen molar-refractivity contribution in [2.24, 2.45) is 0 Å². The third-order valence-corrected chi connectivity index (χ3v) is 2.25. The van der Waals surface area contributed by atoms with E-state index < -0.39 is 0 Å². The van der Waals surface area contributed by atoms with E-state index in [0.29, 0.717) is 6.04 Å². The van der Waals surface area contributed by atoms with Gasteiger partial charge >= 0.3 is 0 Å². The van der Waals surface area contributed by atoms with Crippen LogP contribution < -0.4 is 5.32 Å². The molecule has 3 nitrogen and oxygen atoms in total. The summed E-state index contributed by atoms with van der Waals surface area (Å²) in [5, 5.41) is 3.43. The fraction of sp³-hybridized carbons (Fsp3) is 0.556. The smallest absolute Gasteiger partial charge is 0.0756 e. The van der Waals surface area contributed by atoms with E-state index in [9.17, 15) is 0 Å². The van der Waals surface area contributed by atoms with Gasteiger partial charge in [-0.25, -0.2) is 0 Å². The number of rotatable bonds is 1. The molecule has 0 aromatic carbocycles. The summed E-state index contributed by atoms with van der Waals surface area (Å²) in [4.78, 5) is 8.33. The molecule has 0 radical (unpaired) electrons. The standard InChI is InChI=1S/C9H13N3/c1-2-4-11-8(3-1)9-7-10-5-6-12-9/h5-8,11H,1-4H2/t8-/m1/s1. The summed E-state index contributed by atoms with van der Waals surface area (Å²) >= 11 is 0. The van der Waals surface area contributed by atoms with Crippen molar-refractivity contribution in [3.8, 4) is 0 Å². The zero-order chi connectivity index (χ0) is 8.23. The maximum absolute atomic E-state index is 4.28. The lowest BCUT2D eigenvalue weighted by Gasteiger charge is -2.22. The van der Waals surface area contributed by atoms with Crippen molar-refractivity contribution in [1.82, 2.24) is 15.3 Å². The quantitative estimate of drug-likeness (QED) is 0.678. The summed E-state index contributed by atoms with van der Waals surface area (Å²) in [6, 6.07) is 0.437. The Bertz CT molecular complexity index is 229. The summed E-state index contributed by atoms with van der Waals surface area (Å²) in [6.07, 6.45) is 9.10. The Morgan fingerprint density at radius 1 is 1.33 bits per heavy atom. The van der Waals surface area contributed by atoms with Crippen LogP contribution in [0.5, 0.6) is 0 Å². The molecule has 1 saturated heterocycles. The summed E-state index contributed by atoms with van der Waals surface area (Å²) < 4.78 is 0. The van der Waals surface area contributed by atoms with Crippen LogP contribution in [0.3, 0.4) is 0 Å². The number of aromatic nitrogens is 2. The molecule has 1 aromatic rings. The molecule has 2 rings (SSSR count). The lowest BCUT2D eigenvalue weighted by atomic mass is 10.0. The van der Waals surface area contributed by atoms with Gasteiger partial charge in [0, 0.05) is 18.6 Å². The molecule has 1 atom stereocenters. The highest BCUT2D eigenvalue weighted by Gasteiger charge is 2.14. The van der Waals surface area contributed by atoms with Gasteiger partial charge in [-0.2, -0.15) is 0 Å². The van der Waals surface area contributed by atoms with Gasteiger partial charge in [-0.05, 0) is 19.4 Å². The SMILES string of the molecule is c1cnc([C@H]2CCCCN2)cn1. The molecule has 64 valence electrons. The Hall–Kier alpha value is -0.960. The first-order valence-electron chi connectivity index (χ1n) is 4.46. The van der Waals surface area contributed by atoms with Crippen LogP contribution in [0.25, 0.3) is 0 Å². The minimum absolute atomic E-state index is 0.437. The highest BCUT2D eigenvalue weighted by molar-refractivity contribution is 5.02. The first kappa shape index (κ1) is 7.68. The normalized spacial score (nSPS) is 23.8. The molecule has 1 N–H and O–H groups in total. The lowest BCUT2D eigenvalue weighted by molar-refractivity contribution is 0.404. The Morgan fingerprint density at radius 2 is 2.33 bits per heavy atom. The predicted molar refractivity (Wildman–Crippen MR) is 46.6 cm³/mol. The van der Waals surface area contributed by atoms with Crippen LogP contribution in [0.2, 0.25) is 0 Å². The van der Waals surface area contributed by atoms with Gasteiger partial charge in [0.25, 0.3) is 0 Å². The Balaban J connectivity index is 2.08. The average Bonchev–Trinajstić information content (AvgIpc) is 2.21. The Morgan fingerprint density at radius 3 is 3.00 bits per heavy atom. The van der Waals surface area contributed by atoms with E-state index in [4.69, 9.17) is 0 Å². The van der Waals surface area contributed by atoms with Gasteiger partial charge in [0.2, 0.25) is 0 Å². The van der Waals surface area contributed by atoms with E-state index in [1.165, 1.54) is 19.3 Å². The van der Waals surface area contributed by atoms with Gasteiger partial charge in [0.15, 0.2) is 0 Å².